The molecule has 1 atom stereocenters. The lowest BCUT2D eigenvalue weighted by atomic mass is 10.0. The van der Waals surface area contributed by atoms with Crippen molar-refractivity contribution in [3.63, 3.8) is 0 Å². The van der Waals surface area contributed by atoms with Gasteiger partial charge < -0.3 is 15.8 Å². The van der Waals surface area contributed by atoms with E-state index in [0.29, 0.717) is 6.42 Å². The highest BCUT2D eigenvalue weighted by Gasteiger charge is 2.15. The summed E-state index contributed by atoms with van der Waals surface area (Å²) >= 11 is 1.68. The first-order chi connectivity index (χ1) is 18.1. The Hall–Kier alpha value is -4.13. The first-order valence-corrected chi connectivity index (χ1v) is 13.1. The lowest BCUT2D eigenvalue weighted by Crippen LogP contribution is -2.32. The van der Waals surface area contributed by atoms with E-state index in [9.17, 15) is 4.79 Å². The van der Waals surface area contributed by atoms with Crippen LogP contribution in [-0.4, -0.2) is 27.1 Å². The van der Waals surface area contributed by atoms with Gasteiger partial charge in [0.1, 0.15) is 6.04 Å². The Balaban J connectivity index is 1.28. The average Bonchev–Trinajstić information content (AvgIpc) is 3.38. The minimum absolute atomic E-state index is 0.316. The van der Waals surface area contributed by atoms with Crippen molar-refractivity contribution in [1.82, 2.24) is 9.97 Å². The molecule has 5 rings (SSSR count). The number of aromatic nitrogens is 2. The maximum Gasteiger partial charge on any atom is 0.320 e. The summed E-state index contributed by atoms with van der Waals surface area (Å²) in [6, 6.07) is 36.0. The third-order valence-corrected chi connectivity index (χ3v) is 7.13. The lowest BCUT2D eigenvalue weighted by Gasteiger charge is -2.08. The van der Waals surface area contributed by atoms with E-state index < -0.39 is 12.0 Å². The van der Waals surface area contributed by atoms with Gasteiger partial charge in [-0.15, -0.1) is 0 Å². The summed E-state index contributed by atoms with van der Waals surface area (Å²) in [5, 5.41) is 9.89. The summed E-state index contributed by atoms with van der Waals surface area (Å²) in [6.45, 7) is 0. The van der Waals surface area contributed by atoms with Crippen molar-refractivity contribution in [1.29, 1.82) is 0 Å². The number of aliphatic carboxylic acids is 1. The monoisotopic (exact) mass is 505 g/mol. The molecule has 0 aliphatic carbocycles. The van der Waals surface area contributed by atoms with E-state index in [2.05, 4.69) is 53.5 Å². The number of carbonyl (C=O) groups is 1. The summed E-state index contributed by atoms with van der Waals surface area (Å²) in [7, 11) is 0. The fraction of sp³-hybridized carbons (Fsp3) is 0.0968. The molecule has 1 heterocycles. The van der Waals surface area contributed by atoms with Crippen LogP contribution in [0.25, 0.3) is 33.6 Å². The standard InChI is InChI=1S/C31H27N3O2S/c32-27(30(35)36)19-21-11-15-23(16-12-21)24-17-13-22(14-18-24)20-37-31-33-28(25-7-3-1-4-8-25)29(34-31)26-9-5-2-6-10-26/h1-18,27H,19-20,32H2,(H,33,34)(H,35,36). The molecule has 0 amide bonds. The van der Waals surface area contributed by atoms with Gasteiger partial charge in [0.15, 0.2) is 5.16 Å². The molecular weight excluding hydrogens is 478 g/mol. The van der Waals surface area contributed by atoms with Gasteiger partial charge in [-0.25, -0.2) is 4.98 Å². The minimum atomic E-state index is -0.986. The van der Waals surface area contributed by atoms with Crippen LogP contribution < -0.4 is 5.73 Å². The molecular formula is C31H27N3O2S. The summed E-state index contributed by atoms with van der Waals surface area (Å²) in [4.78, 5) is 19.5. The molecule has 4 aromatic carbocycles. The molecule has 0 fully saturated rings. The second-order valence-corrected chi connectivity index (χ2v) is 9.79. The van der Waals surface area contributed by atoms with Crippen LogP contribution in [0.5, 0.6) is 0 Å². The Kier molecular flexibility index (Phi) is 7.49. The second kappa shape index (κ2) is 11.3. The van der Waals surface area contributed by atoms with Gasteiger partial charge in [0.2, 0.25) is 0 Å². The largest absolute Gasteiger partial charge is 0.480 e. The van der Waals surface area contributed by atoms with Crippen molar-refractivity contribution in [3.8, 4) is 33.6 Å². The maximum atomic E-state index is 11.0. The van der Waals surface area contributed by atoms with Crippen LogP contribution in [0.3, 0.4) is 0 Å². The van der Waals surface area contributed by atoms with Crippen molar-refractivity contribution in [3.05, 3.63) is 120 Å². The molecule has 0 radical (unpaired) electrons. The number of carboxylic acids is 1. The Morgan fingerprint density at radius 2 is 1.30 bits per heavy atom. The number of carboxylic acid groups (broad SMARTS) is 1. The van der Waals surface area contributed by atoms with E-state index in [1.54, 1.807) is 11.8 Å². The molecule has 1 unspecified atom stereocenters. The Morgan fingerprint density at radius 1 is 0.757 bits per heavy atom. The van der Waals surface area contributed by atoms with E-state index in [4.69, 9.17) is 15.8 Å². The number of hydrogen-bond donors (Lipinski definition) is 3. The van der Waals surface area contributed by atoms with Gasteiger partial charge in [-0.1, -0.05) is 121 Å². The smallest absolute Gasteiger partial charge is 0.320 e. The molecule has 5 nitrogen and oxygen atoms in total. The van der Waals surface area contributed by atoms with Gasteiger partial charge in [0.05, 0.1) is 11.4 Å². The van der Waals surface area contributed by atoms with E-state index in [1.807, 2.05) is 60.7 Å². The van der Waals surface area contributed by atoms with Crippen molar-refractivity contribution >= 4 is 17.7 Å². The number of rotatable bonds is 9. The van der Waals surface area contributed by atoms with Crippen molar-refractivity contribution in [2.24, 2.45) is 5.73 Å². The predicted octanol–water partition coefficient (Wildman–Crippen LogP) is 6.66. The zero-order valence-corrected chi connectivity index (χ0v) is 21.0. The first kappa shape index (κ1) is 24.6. The van der Waals surface area contributed by atoms with Crippen LogP contribution in [0.2, 0.25) is 0 Å². The first-order valence-electron chi connectivity index (χ1n) is 12.1. The van der Waals surface area contributed by atoms with Gasteiger partial charge in [-0.3, -0.25) is 4.79 Å². The molecule has 184 valence electrons. The Morgan fingerprint density at radius 3 is 1.86 bits per heavy atom. The summed E-state index contributed by atoms with van der Waals surface area (Å²) in [5.41, 5.74) is 14.1. The number of benzene rings is 4. The van der Waals surface area contributed by atoms with Gasteiger partial charge >= 0.3 is 5.97 Å². The van der Waals surface area contributed by atoms with Gasteiger partial charge in [0.25, 0.3) is 0 Å². The SMILES string of the molecule is NC(Cc1ccc(-c2ccc(CSc3nc(-c4ccccc4)c(-c4ccccc4)[nH]3)cc2)cc1)C(=O)O. The molecule has 0 spiro atoms. The fourth-order valence-electron chi connectivity index (χ4n) is 4.16. The van der Waals surface area contributed by atoms with Crippen LogP contribution in [0.15, 0.2) is 114 Å². The molecule has 37 heavy (non-hydrogen) atoms. The zero-order valence-electron chi connectivity index (χ0n) is 20.2. The van der Waals surface area contributed by atoms with Crippen LogP contribution in [0, 0.1) is 0 Å². The van der Waals surface area contributed by atoms with E-state index in [1.165, 1.54) is 5.56 Å². The number of hydrogen-bond acceptors (Lipinski definition) is 4. The van der Waals surface area contributed by atoms with E-state index >= 15 is 0 Å². The van der Waals surface area contributed by atoms with Crippen LogP contribution in [0.1, 0.15) is 11.1 Å². The highest BCUT2D eigenvalue weighted by molar-refractivity contribution is 7.98. The molecule has 0 aliphatic heterocycles. The maximum absolute atomic E-state index is 11.0. The predicted molar refractivity (Wildman–Crippen MR) is 150 cm³/mol. The van der Waals surface area contributed by atoms with Crippen molar-refractivity contribution in [2.75, 3.05) is 0 Å². The zero-order chi connectivity index (χ0) is 25.6. The molecule has 1 aromatic heterocycles. The number of nitrogens with zero attached hydrogens (tertiary/aromatic N) is 1. The highest BCUT2D eigenvalue weighted by Crippen LogP contribution is 2.33. The number of aromatic amines is 1. The van der Waals surface area contributed by atoms with Gasteiger partial charge in [-0.05, 0) is 28.7 Å². The summed E-state index contributed by atoms with van der Waals surface area (Å²) in [5.74, 6) is -0.193. The number of nitrogens with one attached hydrogen (secondary N) is 1. The summed E-state index contributed by atoms with van der Waals surface area (Å²) in [6.07, 6.45) is 0.316. The average molecular weight is 506 g/mol. The van der Waals surface area contributed by atoms with Crippen LogP contribution in [0.4, 0.5) is 0 Å². The topological polar surface area (TPSA) is 92.0 Å². The molecule has 6 heteroatoms. The van der Waals surface area contributed by atoms with Gasteiger partial charge in [-0.2, -0.15) is 0 Å². The van der Waals surface area contributed by atoms with Crippen LogP contribution in [-0.2, 0) is 17.0 Å². The number of nitrogens with two attached hydrogens (primary N) is 1. The van der Waals surface area contributed by atoms with E-state index in [-0.39, 0.29) is 0 Å². The second-order valence-electron chi connectivity index (χ2n) is 8.83. The Bertz CT molecular complexity index is 1410. The number of thioether (sulfide) groups is 1. The molecule has 5 aromatic rings. The molecule has 0 aliphatic rings. The van der Waals surface area contributed by atoms with Gasteiger partial charge in [0, 0.05) is 16.9 Å². The minimum Gasteiger partial charge on any atom is -0.480 e. The summed E-state index contributed by atoms with van der Waals surface area (Å²) < 4.78 is 0. The van der Waals surface area contributed by atoms with Crippen molar-refractivity contribution in [2.45, 2.75) is 23.4 Å². The van der Waals surface area contributed by atoms with Crippen molar-refractivity contribution < 1.29 is 9.90 Å². The highest BCUT2D eigenvalue weighted by atomic mass is 32.2. The molecule has 0 bridgehead atoms. The number of H-pyrrole nitrogens is 1. The lowest BCUT2D eigenvalue weighted by molar-refractivity contribution is -0.138. The van der Waals surface area contributed by atoms with Crippen LogP contribution >= 0.6 is 11.8 Å². The third-order valence-electron chi connectivity index (χ3n) is 6.18. The third kappa shape index (κ3) is 6.00. The molecule has 0 saturated heterocycles. The molecule has 0 saturated carbocycles. The fourth-order valence-corrected chi connectivity index (χ4v) is 4.98. The normalized spacial score (nSPS) is 11.8. The Labute approximate surface area is 220 Å². The number of imidazole rings is 1. The quantitative estimate of drug-likeness (QED) is 0.195. The molecule has 4 N–H and O–H groups in total. The van der Waals surface area contributed by atoms with E-state index in [0.717, 1.165) is 50.1 Å².